The van der Waals surface area contributed by atoms with Gasteiger partial charge in [0.1, 0.15) is 11.0 Å². The molecule has 0 aliphatic rings. The fraction of sp³-hybridized carbons (Fsp3) is 0.480. The molecule has 1 amide bonds. The molecule has 164 valence electrons. The Labute approximate surface area is 184 Å². The second kappa shape index (κ2) is 9.44. The third kappa shape index (κ3) is 6.26. The summed E-state index contributed by atoms with van der Waals surface area (Å²) in [5.41, 5.74) is 2.54. The molecule has 0 radical (unpaired) electrons. The highest BCUT2D eigenvalue weighted by Gasteiger charge is 2.29. The Bertz CT molecular complexity index is 893. The van der Waals surface area contributed by atoms with Gasteiger partial charge in [-0.1, -0.05) is 89.6 Å². The molecule has 0 saturated heterocycles. The number of benzene rings is 2. The largest absolute Gasteiger partial charge is 0.349 e. The molecule has 0 spiro atoms. The average molecular weight is 429 g/mol. The van der Waals surface area contributed by atoms with E-state index in [1.54, 1.807) is 0 Å². The number of carbonyl (C=O) groups excluding carboxylic acids is 1. The Morgan fingerprint density at radius 3 is 2.03 bits per heavy atom. The van der Waals surface area contributed by atoms with Gasteiger partial charge in [-0.25, -0.2) is 8.93 Å². The Kier molecular flexibility index (Phi) is 7.64. The zero-order valence-electron chi connectivity index (χ0n) is 19.5. The zero-order valence-corrected chi connectivity index (χ0v) is 20.3. The lowest BCUT2D eigenvalue weighted by molar-refractivity contribution is -0.129. The summed E-state index contributed by atoms with van der Waals surface area (Å²) in [4.78, 5) is 13.1. The standard InChI is InChI=1S/C25H36N2O2S/c1-17-13-15-19(16-14-17)22(24(3,4)5)27-30(29)21-12-10-9-11-20(21)18(2)26-23(28)25(6,7)8/h9-16,18,22,27H,1-8H3,(H,26,28)/t18-,22+,30-/m1/s1. The first-order valence-corrected chi connectivity index (χ1v) is 11.6. The number of rotatable bonds is 6. The molecule has 2 aromatic carbocycles. The third-order valence-corrected chi connectivity index (χ3v) is 6.34. The molecule has 0 unspecified atom stereocenters. The molecule has 0 aliphatic heterocycles. The van der Waals surface area contributed by atoms with E-state index in [-0.39, 0.29) is 23.4 Å². The van der Waals surface area contributed by atoms with Crippen LogP contribution >= 0.6 is 0 Å². The molecule has 0 fully saturated rings. The van der Waals surface area contributed by atoms with Gasteiger partial charge in [-0.05, 0) is 36.5 Å². The van der Waals surface area contributed by atoms with Gasteiger partial charge >= 0.3 is 0 Å². The van der Waals surface area contributed by atoms with E-state index < -0.39 is 16.4 Å². The van der Waals surface area contributed by atoms with Crippen molar-refractivity contribution in [3.63, 3.8) is 0 Å². The van der Waals surface area contributed by atoms with Crippen LogP contribution in [0.3, 0.4) is 0 Å². The summed E-state index contributed by atoms with van der Waals surface area (Å²) in [7, 11) is -1.44. The Morgan fingerprint density at radius 2 is 1.50 bits per heavy atom. The van der Waals surface area contributed by atoms with E-state index in [0.29, 0.717) is 4.90 Å². The van der Waals surface area contributed by atoms with Crippen LogP contribution in [0.25, 0.3) is 0 Å². The molecule has 3 atom stereocenters. The maximum absolute atomic E-state index is 13.4. The van der Waals surface area contributed by atoms with E-state index in [4.69, 9.17) is 0 Å². The van der Waals surface area contributed by atoms with Crippen LogP contribution in [-0.4, -0.2) is 10.1 Å². The molecule has 2 N–H and O–H groups in total. The van der Waals surface area contributed by atoms with E-state index >= 15 is 0 Å². The van der Waals surface area contributed by atoms with Gasteiger partial charge in [0.2, 0.25) is 5.91 Å². The fourth-order valence-electron chi connectivity index (χ4n) is 3.17. The van der Waals surface area contributed by atoms with Crippen molar-refractivity contribution in [1.29, 1.82) is 0 Å². The summed E-state index contributed by atoms with van der Waals surface area (Å²) in [5.74, 6) is -0.0317. The maximum atomic E-state index is 13.4. The molecule has 4 nitrogen and oxygen atoms in total. The normalized spacial score (nSPS) is 15.3. The van der Waals surface area contributed by atoms with Crippen molar-refractivity contribution in [2.75, 3.05) is 0 Å². The predicted molar refractivity (Wildman–Crippen MR) is 125 cm³/mol. The van der Waals surface area contributed by atoms with Gasteiger partial charge in [0.05, 0.1) is 10.9 Å². The van der Waals surface area contributed by atoms with Crippen molar-refractivity contribution >= 4 is 16.9 Å². The number of hydrogen-bond acceptors (Lipinski definition) is 2. The number of amides is 1. The highest BCUT2D eigenvalue weighted by atomic mass is 32.2. The zero-order chi connectivity index (χ0) is 22.7. The van der Waals surface area contributed by atoms with E-state index in [1.165, 1.54) is 5.56 Å². The number of hydrogen-bond donors (Lipinski definition) is 2. The predicted octanol–water partition coefficient (Wildman–Crippen LogP) is 5.62. The van der Waals surface area contributed by atoms with Crippen molar-refractivity contribution in [1.82, 2.24) is 10.0 Å². The van der Waals surface area contributed by atoms with Crippen LogP contribution in [-0.2, 0) is 15.8 Å². The highest BCUT2D eigenvalue weighted by Crippen LogP contribution is 2.34. The first kappa shape index (κ1) is 24.3. The van der Waals surface area contributed by atoms with Crippen LogP contribution in [0.4, 0.5) is 0 Å². The van der Waals surface area contributed by atoms with Crippen LogP contribution in [0.5, 0.6) is 0 Å². The number of aryl methyl sites for hydroxylation is 1. The topological polar surface area (TPSA) is 58.2 Å². The molecule has 0 aromatic heterocycles. The monoisotopic (exact) mass is 428 g/mol. The smallest absolute Gasteiger partial charge is 0.225 e. The molecule has 30 heavy (non-hydrogen) atoms. The van der Waals surface area contributed by atoms with E-state index in [0.717, 1.165) is 11.1 Å². The number of carbonyl (C=O) groups is 1. The van der Waals surface area contributed by atoms with Gasteiger partial charge in [-0.3, -0.25) is 4.79 Å². The fourth-order valence-corrected chi connectivity index (χ4v) is 4.66. The first-order chi connectivity index (χ1) is 13.8. The van der Waals surface area contributed by atoms with E-state index in [1.807, 2.05) is 52.0 Å². The second-order valence-electron chi connectivity index (χ2n) is 10.1. The minimum Gasteiger partial charge on any atom is -0.349 e. The summed E-state index contributed by atoms with van der Waals surface area (Å²) in [6.45, 7) is 16.1. The van der Waals surface area contributed by atoms with Crippen molar-refractivity contribution in [2.45, 2.75) is 72.4 Å². The molecule has 0 saturated carbocycles. The van der Waals surface area contributed by atoms with Gasteiger partial charge in [0.25, 0.3) is 0 Å². The molecule has 0 bridgehead atoms. The Hall–Kier alpha value is -1.98. The highest BCUT2D eigenvalue weighted by molar-refractivity contribution is 7.83. The minimum absolute atomic E-state index is 0.0317. The van der Waals surface area contributed by atoms with Gasteiger partial charge in [0.15, 0.2) is 0 Å². The molecule has 0 heterocycles. The first-order valence-electron chi connectivity index (χ1n) is 10.4. The maximum Gasteiger partial charge on any atom is 0.225 e. The summed E-state index contributed by atoms with van der Waals surface area (Å²) in [6.07, 6.45) is 0. The van der Waals surface area contributed by atoms with Crippen molar-refractivity contribution in [2.24, 2.45) is 10.8 Å². The van der Waals surface area contributed by atoms with Crippen molar-refractivity contribution in [3.05, 3.63) is 65.2 Å². The summed E-state index contributed by atoms with van der Waals surface area (Å²) in [5, 5.41) is 3.05. The lowest BCUT2D eigenvalue weighted by atomic mass is 9.83. The quantitative estimate of drug-likeness (QED) is 0.627. The number of nitrogens with one attached hydrogen (secondary N) is 2. The molecular formula is C25H36N2O2S. The Balaban J connectivity index is 2.31. The SMILES string of the molecule is Cc1ccc([C@H](N[S@](=O)c2ccccc2[C@@H](C)NC(=O)C(C)(C)C)C(C)(C)C)cc1. The van der Waals surface area contributed by atoms with Gasteiger partial charge < -0.3 is 5.32 Å². The van der Waals surface area contributed by atoms with Crippen LogP contribution in [0.15, 0.2) is 53.4 Å². The van der Waals surface area contributed by atoms with Crippen LogP contribution in [0.1, 0.15) is 77.2 Å². The van der Waals surface area contributed by atoms with E-state index in [2.05, 4.69) is 62.0 Å². The van der Waals surface area contributed by atoms with Gasteiger partial charge in [-0.15, -0.1) is 0 Å². The third-order valence-electron chi connectivity index (χ3n) is 5.12. The van der Waals surface area contributed by atoms with Gasteiger partial charge in [0, 0.05) is 11.5 Å². The van der Waals surface area contributed by atoms with Crippen LogP contribution in [0.2, 0.25) is 0 Å². The van der Waals surface area contributed by atoms with Crippen molar-refractivity contribution < 1.29 is 9.00 Å². The Morgan fingerprint density at radius 1 is 0.933 bits per heavy atom. The molecule has 2 rings (SSSR count). The van der Waals surface area contributed by atoms with Crippen LogP contribution < -0.4 is 10.0 Å². The second-order valence-corrected chi connectivity index (χ2v) is 11.3. The molecular weight excluding hydrogens is 392 g/mol. The van der Waals surface area contributed by atoms with Crippen LogP contribution in [0, 0.1) is 17.8 Å². The average Bonchev–Trinajstić information content (AvgIpc) is 2.65. The lowest BCUT2D eigenvalue weighted by Gasteiger charge is -2.32. The van der Waals surface area contributed by atoms with Gasteiger partial charge in [-0.2, -0.15) is 0 Å². The van der Waals surface area contributed by atoms with E-state index in [9.17, 15) is 9.00 Å². The minimum atomic E-state index is -1.44. The summed E-state index contributed by atoms with van der Waals surface area (Å²) < 4.78 is 16.8. The lowest BCUT2D eigenvalue weighted by Crippen LogP contribution is -2.37. The molecule has 0 aliphatic carbocycles. The van der Waals surface area contributed by atoms with Crippen molar-refractivity contribution in [3.8, 4) is 0 Å². The summed E-state index contributed by atoms with van der Waals surface area (Å²) in [6, 6.07) is 15.6. The molecule has 5 heteroatoms. The molecule has 2 aromatic rings. The summed E-state index contributed by atoms with van der Waals surface area (Å²) >= 11 is 0.